The highest BCUT2D eigenvalue weighted by Crippen LogP contribution is 2.25. The Hall–Kier alpha value is -3.54. The van der Waals surface area contributed by atoms with E-state index in [4.69, 9.17) is 9.15 Å². The quantitative estimate of drug-likeness (QED) is 0.457. The van der Waals surface area contributed by atoms with Gasteiger partial charge in [0.15, 0.2) is 6.61 Å². The molecule has 0 saturated carbocycles. The third kappa shape index (κ3) is 3.74. The molecule has 0 radical (unpaired) electrons. The Kier molecular flexibility index (Phi) is 5.08. The Morgan fingerprint density at radius 1 is 1.07 bits per heavy atom. The molecular formula is C23H21N3O3. The Balaban J connectivity index is 1.57. The van der Waals surface area contributed by atoms with Gasteiger partial charge in [-0.05, 0) is 44.0 Å². The average molecular weight is 387 g/mol. The molecule has 4 rings (SSSR count). The summed E-state index contributed by atoms with van der Waals surface area (Å²) >= 11 is 0. The molecule has 0 spiro atoms. The van der Waals surface area contributed by atoms with Gasteiger partial charge >= 0.3 is 5.97 Å². The van der Waals surface area contributed by atoms with E-state index in [0.29, 0.717) is 11.5 Å². The number of hydrogen-bond donors (Lipinski definition) is 0. The number of carbonyl (C=O) groups excluding carboxylic acids is 1. The zero-order chi connectivity index (χ0) is 20.4. The van der Waals surface area contributed by atoms with E-state index in [1.54, 1.807) is 0 Å². The fourth-order valence-corrected chi connectivity index (χ4v) is 3.37. The van der Waals surface area contributed by atoms with Crippen LogP contribution in [-0.4, -0.2) is 21.2 Å². The summed E-state index contributed by atoms with van der Waals surface area (Å²) in [5.74, 6) is 0.228. The minimum Gasteiger partial charge on any atom is -0.452 e. The van der Waals surface area contributed by atoms with E-state index >= 15 is 0 Å². The third-order valence-electron chi connectivity index (χ3n) is 4.83. The van der Waals surface area contributed by atoms with Crippen LogP contribution < -0.4 is 0 Å². The number of aromatic nitrogens is 3. The number of benzene rings is 2. The second kappa shape index (κ2) is 7.83. The first-order chi connectivity index (χ1) is 14.1. The van der Waals surface area contributed by atoms with Gasteiger partial charge in [-0.1, -0.05) is 42.8 Å². The number of pyridine rings is 1. The van der Waals surface area contributed by atoms with Gasteiger partial charge in [-0.15, -0.1) is 10.2 Å². The molecule has 0 atom stereocenters. The smallest absolute Gasteiger partial charge is 0.339 e. The molecule has 0 unspecified atom stereocenters. The highest BCUT2D eigenvalue weighted by atomic mass is 16.5. The maximum atomic E-state index is 12.9. The van der Waals surface area contributed by atoms with E-state index in [1.165, 1.54) is 0 Å². The summed E-state index contributed by atoms with van der Waals surface area (Å²) in [5, 5.41) is 8.83. The van der Waals surface area contributed by atoms with Crippen molar-refractivity contribution in [1.29, 1.82) is 0 Å². The molecule has 0 fully saturated rings. The summed E-state index contributed by atoms with van der Waals surface area (Å²) in [6, 6.07) is 15.4. The molecular weight excluding hydrogens is 366 g/mol. The fraction of sp³-hybridized carbons (Fsp3) is 0.217. The Morgan fingerprint density at radius 3 is 2.69 bits per heavy atom. The molecule has 0 aliphatic carbocycles. The van der Waals surface area contributed by atoms with Gasteiger partial charge in [0.2, 0.25) is 5.89 Å². The van der Waals surface area contributed by atoms with Gasteiger partial charge in [0.1, 0.15) is 0 Å². The minimum atomic E-state index is -0.425. The van der Waals surface area contributed by atoms with Gasteiger partial charge in [-0.25, -0.2) is 4.79 Å². The standard InChI is InChI=1S/C23H21N3O3/c1-4-18-15(3)21(17-10-5-6-11-19(17)24-18)23(27)28-13-20-25-26-22(29-20)16-9-7-8-14(2)12-16/h5-12H,4,13H2,1-3H3. The van der Waals surface area contributed by atoms with Crippen LogP contribution >= 0.6 is 0 Å². The molecule has 0 saturated heterocycles. The van der Waals surface area contributed by atoms with Gasteiger partial charge in [0.25, 0.3) is 5.89 Å². The van der Waals surface area contributed by atoms with E-state index in [9.17, 15) is 4.79 Å². The van der Waals surface area contributed by atoms with Gasteiger partial charge < -0.3 is 9.15 Å². The van der Waals surface area contributed by atoms with Crippen LogP contribution in [0.3, 0.4) is 0 Å². The van der Waals surface area contributed by atoms with Crippen molar-refractivity contribution in [3.8, 4) is 11.5 Å². The highest BCUT2D eigenvalue weighted by molar-refractivity contribution is 6.04. The summed E-state index contributed by atoms with van der Waals surface area (Å²) in [7, 11) is 0. The molecule has 146 valence electrons. The highest BCUT2D eigenvalue weighted by Gasteiger charge is 2.19. The number of fused-ring (bicyclic) bond motifs is 1. The number of nitrogens with zero attached hydrogens (tertiary/aromatic N) is 3. The maximum Gasteiger partial charge on any atom is 0.339 e. The van der Waals surface area contributed by atoms with Crippen molar-refractivity contribution in [2.24, 2.45) is 0 Å². The van der Waals surface area contributed by atoms with E-state index in [1.807, 2.05) is 69.3 Å². The monoisotopic (exact) mass is 387 g/mol. The van der Waals surface area contributed by atoms with Crippen LogP contribution in [0.1, 0.15) is 40.0 Å². The van der Waals surface area contributed by atoms with E-state index < -0.39 is 5.97 Å². The average Bonchev–Trinajstić information content (AvgIpc) is 3.21. The fourth-order valence-electron chi connectivity index (χ4n) is 3.37. The SMILES string of the molecule is CCc1nc2ccccc2c(C(=O)OCc2nnc(-c3cccc(C)c3)o2)c1C. The lowest BCUT2D eigenvalue weighted by Crippen LogP contribution is -2.11. The molecule has 0 bridgehead atoms. The zero-order valence-electron chi connectivity index (χ0n) is 16.6. The topological polar surface area (TPSA) is 78.1 Å². The second-order valence-electron chi connectivity index (χ2n) is 6.88. The number of carbonyl (C=O) groups is 1. The molecule has 0 aliphatic rings. The van der Waals surface area contributed by atoms with Gasteiger partial charge in [0, 0.05) is 16.6 Å². The first-order valence-electron chi connectivity index (χ1n) is 9.51. The number of para-hydroxylation sites is 1. The molecule has 2 aromatic carbocycles. The Morgan fingerprint density at radius 2 is 1.90 bits per heavy atom. The van der Waals surface area contributed by atoms with Gasteiger partial charge in [-0.2, -0.15) is 0 Å². The molecule has 2 heterocycles. The lowest BCUT2D eigenvalue weighted by atomic mass is 10.0. The van der Waals surface area contributed by atoms with Crippen LogP contribution in [0.15, 0.2) is 52.9 Å². The van der Waals surface area contributed by atoms with Crippen molar-refractivity contribution in [2.45, 2.75) is 33.8 Å². The van der Waals surface area contributed by atoms with Crippen LogP contribution in [0.2, 0.25) is 0 Å². The molecule has 6 nitrogen and oxygen atoms in total. The minimum absolute atomic E-state index is 0.0881. The Labute approximate surface area is 168 Å². The van der Waals surface area contributed by atoms with Crippen molar-refractivity contribution >= 4 is 16.9 Å². The number of aryl methyl sites for hydroxylation is 2. The van der Waals surface area contributed by atoms with Crippen LogP contribution in [0.4, 0.5) is 0 Å². The zero-order valence-corrected chi connectivity index (χ0v) is 16.6. The summed E-state index contributed by atoms with van der Waals surface area (Å²) in [4.78, 5) is 17.6. The predicted octanol–water partition coefficient (Wildman–Crippen LogP) is 4.82. The van der Waals surface area contributed by atoms with E-state index in [0.717, 1.165) is 39.7 Å². The molecule has 0 aliphatic heterocycles. The van der Waals surface area contributed by atoms with Gasteiger partial charge in [-0.3, -0.25) is 4.98 Å². The van der Waals surface area contributed by atoms with Crippen molar-refractivity contribution in [1.82, 2.24) is 15.2 Å². The maximum absolute atomic E-state index is 12.9. The van der Waals surface area contributed by atoms with Crippen LogP contribution in [0.5, 0.6) is 0 Å². The molecule has 0 amide bonds. The second-order valence-corrected chi connectivity index (χ2v) is 6.88. The Bertz CT molecular complexity index is 1200. The first kappa shape index (κ1) is 18.8. The number of rotatable bonds is 5. The third-order valence-corrected chi connectivity index (χ3v) is 4.83. The van der Waals surface area contributed by atoms with E-state index in [-0.39, 0.29) is 12.5 Å². The molecule has 0 N–H and O–H groups in total. The number of esters is 1. The number of hydrogen-bond acceptors (Lipinski definition) is 6. The van der Waals surface area contributed by atoms with Crippen molar-refractivity contribution < 1.29 is 13.9 Å². The summed E-state index contributed by atoms with van der Waals surface area (Å²) in [6.45, 7) is 5.82. The number of ether oxygens (including phenoxy) is 1. The predicted molar refractivity (Wildman–Crippen MR) is 109 cm³/mol. The van der Waals surface area contributed by atoms with Crippen molar-refractivity contribution in [2.75, 3.05) is 0 Å². The molecule has 6 heteroatoms. The van der Waals surface area contributed by atoms with Gasteiger partial charge in [0.05, 0.1) is 11.1 Å². The van der Waals surface area contributed by atoms with Crippen LogP contribution in [-0.2, 0) is 17.8 Å². The van der Waals surface area contributed by atoms with Crippen molar-refractivity contribution in [3.63, 3.8) is 0 Å². The van der Waals surface area contributed by atoms with Crippen LogP contribution in [0.25, 0.3) is 22.4 Å². The molecule has 2 aromatic heterocycles. The summed E-state index contributed by atoms with van der Waals surface area (Å²) in [6.07, 6.45) is 0.737. The lowest BCUT2D eigenvalue weighted by molar-refractivity contribution is 0.0440. The molecule has 4 aromatic rings. The van der Waals surface area contributed by atoms with E-state index in [2.05, 4.69) is 15.2 Å². The summed E-state index contributed by atoms with van der Waals surface area (Å²) in [5.41, 5.74) is 4.96. The van der Waals surface area contributed by atoms with Crippen molar-refractivity contribution in [3.05, 3.63) is 76.8 Å². The normalized spacial score (nSPS) is 11.0. The molecule has 29 heavy (non-hydrogen) atoms. The first-order valence-corrected chi connectivity index (χ1v) is 9.51. The lowest BCUT2D eigenvalue weighted by Gasteiger charge is -2.12. The van der Waals surface area contributed by atoms with Crippen LogP contribution in [0, 0.1) is 13.8 Å². The summed E-state index contributed by atoms with van der Waals surface area (Å²) < 4.78 is 11.2. The largest absolute Gasteiger partial charge is 0.452 e.